The van der Waals surface area contributed by atoms with Gasteiger partial charge in [0, 0.05) is 0 Å². The van der Waals surface area contributed by atoms with Crippen molar-refractivity contribution >= 4 is 11.9 Å². The molecule has 0 fully saturated rings. The van der Waals surface area contributed by atoms with Crippen molar-refractivity contribution < 1.29 is 23.5 Å². The van der Waals surface area contributed by atoms with E-state index in [-0.39, 0.29) is 31.2 Å². The van der Waals surface area contributed by atoms with Crippen LogP contribution in [0.5, 0.6) is 0 Å². The molecule has 0 heterocycles. The van der Waals surface area contributed by atoms with Gasteiger partial charge in [0.2, 0.25) is 0 Å². The first-order valence-corrected chi connectivity index (χ1v) is 12.2. The predicted molar refractivity (Wildman–Crippen MR) is 122 cm³/mol. The van der Waals surface area contributed by atoms with Gasteiger partial charge in [-0.05, 0) is 24.1 Å². The van der Waals surface area contributed by atoms with Crippen LogP contribution in [0.15, 0.2) is 24.3 Å². The van der Waals surface area contributed by atoms with E-state index in [0.29, 0.717) is 12.2 Å². The Hall–Kier alpha value is -1.91. The number of halogens is 1. The van der Waals surface area contributed by atoms with Gasteiger partial charge in [0.15, 0.2) is 0 Å². The zero-order valence-electron chi connectivity index (χ0n) is 19.3. The van der Waals surface area contributed by atoms with Crippen LogP contribution in [0.2, 0.25) is 0 Å². The minimum Gasteiger partial charge on any atom is -0.466 e. The third-order valence-electron chi connectivity index (χ3n) is 5.36. The molecule has 0 aromatic heterocycles. The number of hydrogen-bond donors (Lipinski definition) is 0. The lowest BCUT2D eigenvalue weighted by molar-refractivity contribution is -0.151. The Labute approximate surface area is 187 Å². The van der Waals surface area contributed by atoms with E-state index in [1.165, 1.54) is 82.8 Å². The molecule has 4 nitrogen and oxygen atoms in total. The highest BCUT2D eigenvalue weighted by molar-refractivity contribution is 5.77. The third-order valence-corrected chi connectivity index (χ3v) is 5.36. The van der Waals surface area contributed by atoms with Crippen LogP contribution in [0, 0.1) is 5.82 Å². The van der Waals surface area contributed by atoms with Crippen LogP contribution in [0.3, 0.4) is 0 Å². The summed E-state index contributed by atoms with van der Waals surface area (Å²) in [5, 5.41) is 0. The molecule has 1 rings (SSSR count). The highest BCUT2D eigenvalue weighted by atomic mass is 19.1. The van der Waals surface area contributed by atoms with Crippen LogP contribution in [-0.4, -0.2) is 18.5 Å². The summed E-state index contributed by atoms with van der Waals surface area (Å²) < 4.78 is 23.1. The van der Waals surface area contributed by atoms with E-state index in [4.69, 9.17) is 9.47 Å². The molecule has 0 N–H and O–H groups in total. The van der Waals surface area contributed by atoms with Crippen LogP contribution in [0.4, 0.5) is 4.39 Å². The first-order valence-electron chi connectivity index (χ1n) is 12.2. The number of benzene rings is 1. The van der Waals surface area contributed by atoms with Gasteiger partial charge in [0.25, 0.3) is 0 Å². The first kappa shape index (κ1) is 27.1. The van der Waals surface area contributed by atoms with Crippen molar-refractivity contribution in [1.82, 2.24) is 0 Å². The maximum absolute atomic E-state index is 12.8. The van der Waals surface area contributed by atoms with Crippen LogP contribution < -0.4 is 0 Å². The monoisotopic (exact) mass is 436 g/mol. The van der Waals surface area contributed by atoms with Crippen molar-refractivity contribution in [2.75, 3.05) is 6.61 Å². The number of ether oxygens (including phenoxy) is 2. The molecule has 0 atom stereocenters. The number of rotatable bonds is 19. The van der Waals surface area contributed by atoms with Gasteiger partial charge in [0.05, 0.1) is 19.4 Å². The van der Waals surface area contributed by atoms with Crippen LogP contribution in [0.25, 0.3) is 0 Å². The number of unbranched alkanes of at least 4 members (excludes halogenated alkanes) is 12. The molecule has 0 saturated heterocycles. The summed E-state index contributed by atoms with van der Waals surface area (Å²) in [7, 11) is 0. The van der Waals surface area contributed by atoms with Crippen molar-refractivity contribution in [2.45, 2.75) is 110 Å². The number of esters is 2. The lowest BCUT2D eigenvalue weighted by atomic mass is 10.0. The molecule has 0 aliphatic carbocycles. The molecule has 0 bridgehead atoms. The zero-order valence-corrected chi connectivity index (χ0v) is 19.3. The second-order valence-electron chi connectivity index (χ2n) is 8.25. The van der Waals surface area contributed by atoms with Crippen molar-refractivity contribution in [3.8, 4) is 0 Å². The predicted octanol–water partition coefficient (Wildman–Crippen LogP) is 7.28. The fourth-order valence-electron chi connectivity index (χ4n) is 3.40. The van der Waals surface area contributed by atoms with Crippen LogP contribution >= 0.6 is 0 Å². The molecular formula is C26H41FO4. The largest absolute Gasteiger partial charge is 0.466 e. The van der Waals surface area contributed by atoms with Crippen molar-refractivity contribution in [1.29, 1.82) is 0 Å². The van der Waals surface area contributed by atoms with Gasteiger partial charge in [-0.2, -0.15) is 0 Å². The summed E-state index contributed by atoms with van der Waals surface area (Å²) in [5.74, 6) is -1.15. The molecular weight excluding hydrogens is 395 g/mol. The summed E-state index contributed by atoms with van der Waals surface area (Å²) in [4.78, 5) is 23.4. The lowest BCUT2D eigenvalue weighted by Crippen LogP contribution is -2.11. The van der Waals surface area contributed by atoms with Gasteiger partial charge in [-0.25, -0.2) is 4.39 Å². The van der Waals surface area contributed by atoms with Crippen LogP contribution in [0.1, 0.15) is 109 Å². The molecule has 5 heteroatoms. The van der Waals surface area contributed by atoms with Crippen LogP contribution in [-0.2, 0) is 25.7 Å². The van der Waals surface area contributed by atoms with Crippen molar-refractivity contribution in [3.63, 3.8) is 0 Å². The summed E-state index contributed by atoms with van der Waals surface area (Å²) >= 11 is 0. The average molecular weight is 437 g/mol. The number of hydrogen-bond acceptors (Lipinski definition) is 4. The SMILES string of the molecule is CCCCCCCCCCCCCCCOC(=O)CCC(=O)OCc1ccc(F)cc1. The van der Waals surface area contributed by atoms with Gasteiger partial charge in [-0.15, -0.1) is 0 Å². The maximum atomic E-state index is 12.8. The van der Waals surface area contributed by atoms with Gasteiger partial charge >= 0.3 is 11.9 Å². The molecule has 1 aromatic carbocycles. The fraction of sp³-hybridized carbons (Fsp3) is 0.692. The standard InChI is InChI=1S/C26H41FO4/c1-2-3-4-5-6-7-8-9-10-11-12-13-14-21-30-25(28)19-20-26(29)31-22-23-15-17-24(27)18-16-23/h15-18H,2-14,19-22H2,1H3. The quantitative estimate of drug-likeness (QED) is 0.169. The lowest BCUT2D eigenvalue weighted by Gasteiger charge is -2.06. The number of carbonyl (C=O) groups is 2. The van der Waals surface area contributed by atoms with Crippen molar-refractivity contribution in [3.05, 3.63) is 35.6 Å². The average Bonchev–Trinajstić information content (AvgIpc) is 2.77. The topological polar surface area (TPSA) is 52.6 Å². The van der Waals surface area contributed by atoms with Gasteiger partial charge in [-0.1, -0.05) is 96.1 Å². The Morgan fingerprint density at radius 1 is 0.677 bits per heavy atom. The fourth-order valence-corrected chi connectivity index (χ4v) is 3.40. The Kier molecular flexibility index (Phi) is 16.5. The second kappa shape index (κ2) is 18.8. The highest BCUT2D eigenvalue weighted by Crippen LogP contribution is 2.12. The highest BCUT2D eigenvalue weighted by Gasteiger charge is 2.09. The number of carbonyl (C=O) groups excluding carboxylic acids is 2. The Bertz CT molecular complexity index is 586. The molecule has 0 unspecified atom stereocenters. The second-order valence-corrected chi connectivity index (χ2v) is 8.25. The van der Waals surface area contributed by atoms with E-state index < -0.39 is 5.97 Å². The summed E-state index contributed by atoms with van der Waals surface area (Å²) in [6.07, 6.45) is 16.6. The van der Waals surface area contributed by atoms with E-state index in [2.05, 4.69) is 6.92 Å². The van der Waals surface area contributed by atoms with Gasteiger partial charge in [0.1, 0.15) is 12.4 Å². The van der Waals surface area contributed by atoms with E-state index in [1.54, 1.807) is 12.1 Å². The van der Waals surface area contributed by atoms with E-state index in [9.17, 15) is 14.0 Å². The Morgan fingerprint density at radius 3 is 1.65 bits per heavy atom. The molecule has 31 heavy (non-hydrogen) atoms. The molecule has 0 aliphatic rings. The minimum atomic E-state index is -0.456. The molecule has 0 spiro atoms. The first-order chi connectivity index (χ1) is 15.1. The maximum Gasteiger partial charge on any atom is 0.306 e. The zero-order chi connectivity index (χ0) is 22.6. The Morgan fingerprint density at radius 2 is 1.13 bits per heavy atom. The van der Waals surface area contributed by atoms with E-state index in [0.717, 1.165) is 12.8 Å². The normalized spacial score (nSPS) is 10.8. The van der Waals surface area contributed by atoms with Gasteiger partial charge < -0.3 is 9.47 Å². The van der Waals surface area contributed by atoms with Crippen molar-refractivity contribution in [2.24, 2.45) is 0 Å². The molecule has 1 aromatic rings. The summed E-state index contributed by atoms with van der Waals surface area (Å²) in [5.41, 5.74) is 0.708. The Balaban J connectivity index is 1.86. The molecule has 176 valence electrons. The third kappa shape index (κ3) is 16.5. The molecule has 0 aliphatic heterocycles. The molecule has 0 saturated carbocycles. The molecule has 0 radical (unpaired) electrons. The summed E-state index contributed by atoms with van der Waals surface area (Å²) in [6, 6.07) is 5.76. The molecule has 0 amide bonds. The summed E-state index contributed by atoms with van der Waals surface area (Å²) in [6.45, 7) is 2.75. The van der Waals surface area contributed by atoms with E-state index >= 15 is 0 Å². The van der Waals surface area contributed by atoms with Gasteiger partial charge in [-0.3, -0.25) is 9.59 Å². The van der Waals surface area contributed by atoms with E-state index in [1.807, 2.05) is 0 Å². The minimum absolute atomic E-state index is 0.00136. The smallest absolute Gasteiger partial charge is 0.306 e.